The van der Waals surface area contributed by atoms with Gasteiger partial charge in [-0.2, -0.15) is 8.42 Å². The molecular weight excluding hydrogens is 236 g/mol. The van der Waals surface area contributed by atoms with Crippen molar-refractivity contribution in [2.45, 2.75) is 18.9 Å². The molecule has 1 fully saturated rings. The molecule has 0 saturated heterocycles. The Hall–Kier alpha value is -0.660. The average Bonchev–Trinajstić information content (AvgIpc) is 2.57. The van der Waals surface area contributed by atoms with Gasteiger partial charge in [-0.1, -0.05) is 0 Å². The van der Waals surface area contributed by atoms with Gasteiger partial charge in [-0.15, -0.1) is 0 Å². The molecule has 1 saturated carbocycles. The Bertz CT molecular complexity index is 349. The zero-order chi connectivity index (χ0) is 12.3. The summed E-state index contributed by atoms with van der Waals surface area (Å²) >= 11 is 0. The molecule has 0 aromatic rings. The molecule has 1 N–H and O–H groups in total. The fraction of sp³-hybridized carbons (Fsp3) is 0.889. The fourth-order valence-corrected chi connectivity index (χ4v) is 2.69. The molecule has 0 spiro atoms. The molecule has 6 nitrogen and oxygen atoms in total. The number of rotatable bonds is 4. The van der Waals surface area contributed by atoms with E-state index in [1.54, 1.807) is 0 Å². The second-order valence-corrected chi connectivity index (χ2v) is 5.57. The quantitative estimate of drug-likeness (QED) is 0.537. The van der Waals surface area contributed by atoms with Crippen LogP contribution in [0.1, 0.15) is 12.8 Å². The Morgan fingerprint density at radius 3 is 2.50 bits per heavy atom. The zero-order valence-corrected chi connectivity index (χ0v) is 10.1. The molecule has 0 bridgehead atoms. The van der Waals surface area contributed by atoms with E-state index < -0.39 is 28.1 Å². The Labute approximate surface area is 94.7 Å². The molecular formula is C9H16O6S. The summed E-state index contributed by atoms with van der Waals surface area (Å²) in [6.45, 7) is -0.177. The van der Waals surface area contributed by atoms with E-state index in [-0.39, 0.29) is 18.9 Å². The van der Waals surface area contributed by atoms with Gasteiger partial charge in [-0.25, -0.2) is 0 Å². The van der Waals surface area contributed by atoms with Crippen LogP contribution in [0.5, 0.6) is 0 Å². The number of aliphatic hydroxyl groups is 1. The Morgan fingerprint density at radius 1 is 1.44 bits per heavy atom. The van der Waals surface area contributed by atoms with Gasteiger partial charge < -0.3 is 9.84 Å². The molecule has 0 aromatic heterocycles. The third-order valence-corrected chi connectivity index (χ3v) is 3.32. The number of carbonyl (C=O) groups is 1. The minimum absolute atomic E-state index is 0.177. The van der Waals surface area contributed by atoms with E-state index >= 15 is 0 Å². The number of esters is 1. The van der Waals surface area contributed by atoms with Crippen molar-refractivity contribution >= 4 is 16.1 Å². The van der Waals surface area contributed by atoms with Crippen molar-refractivity contribution in [3.63, 3.8) is 0 Å². The monoisotopic (exact) mass is 252 g/mol. The number of hydrogen-bond donors (Lipinski definition) is 1. The molecule has 0 heterocycles. The van der Waals surface area contributed by atoms with Crippen molar-refractivity contribution in [2.75, 3.05) is 20.0 Å². The van der Waals surface area contributed by atoms with Gasteiger partial charge >= 0.3 is 5.97 Å². The molecule has 0 amide bonds. The number of aliphatic hydroxyl groups excluding tert-OH is 1. The van der Waals surface area contributed by atoms with Crippen LogP contribution in [0.25, 0.3) is 0 Å². The number of hydrogen-bond acceptors (Lipinski definition) is 6. The number of methoxy groups -OCH3 is 1. The maximum absolute atomic E-state index is 11.4. The predicted molar refractivity (Wildman–Crippen MR) is 55.0 cm³/mol. The predicted octanol–water partition coefficient (Wildman–Crippen LogP) is -0.477. The van der Waals surface area contributed by atoms with Gasteiger partial charge in [0.15, 0.2) is 0 Å². The summed E-state index contributed by atoms with van der Waals surface area (Å²) in [7, 11) is -2.26. The van der Waals surface area contributed by atoms with Crippen LogP contribution < -0.4 is 0 Å². The van der Waals surface area contributed by atoms with Gasteiger partial charge in [0.2, 0.25) is 0 Å². The summed E-state index contributed by atoms with van der Waals surface area (Å²) in [6, 6.07) is 0. The lowest BCUT2D eigenvalue weighted by atomic mass is 9.97. The van der Waals surface area contributed by atoms with Gasteiger partial charge in [-0.3, -0.25) is 8.98 Å². The summed E-state index contributed by atoms with van der Waals surface area (Å²) in [5.41, 5.74) is 0. The van der Waals surface area contributed by atoms with Crippen molar-refractivity contribution in [1.82, 2.24) is 0 Å². The van der Waals surface area contributed by atoms with E-state index in [1.165, 1.54) is 7.11 Å². The van der Waals surface area contributed by atoms with Gasteiger partial charge in [0.1, 0.15) is 0 Å². The highest BCUT2D eigenvalue weighted by Gasteiger charge is 2.40. The summed E-state index contributed by atoms with van der Waals surface area (Å²) in [5, 5.41) is 9.08. The Balaban J connectivity index is 2.66. The molecule has 16 heavy (non-hydrogen) atoms. The molecule has 0 aromatic carbocycles. The maximum Gasteiger partial charge on any atom is 0.309 e. The van der Waals surface area contributed by atoms with E-state index in [9.17, 15) is 13.2 Å². The third-order valence-electron chi connectivity index (χ3n) is 2.70. The van der Waals surface area contributed by atoms with Crippen molar-refractivity contribution in [3.8, 4) is 0 Å². The first-order chi connectivity index (χ1) is 7.37. The lowest BCUT2D eigenvalue weighted by Crippen LogP contribution is -2.22. The first-order valence-corrected chi connectivity index (χ1v) is 6.76. The SMILES string of the molecule is COC(=O)[C@H]1C[C@@H](OS(C)(=O)=O)C[C@@H]1CO. The van der Waals surface area contributed by atoms with Crippen LogP contribution >= 0.6 is 0 Å². The van der Waals surface area contributed by atoms with Crippen molar-refractivity contribution in [3.05, 3.63) is 0 Å². The standard InChI is InChI=1S/C9H16O6S/c1-14-9(11)8-4-7(3-6(8)5-10)15-16(2,12)13/h6-8,10H,3-5H2,1-2H3/t6-,7+,8+/m1/s1. The molecule has 3 atom stereocenters. The second kappa shape index (κ2) is 5.11. The van der Waals surface area contributed by atoms with E-state index in [4.69, 9.17) is 9.29 Å². The maximum atomic E-state index is 11.4. The van der Waals surface area contributed by atoms with Gasteiger partial charge in [0.05, 0.1) is 25.4 Å². The van der Waals surface area contributed by atoms with Crippen LogP contribution in [0.2, 0.25) is 0 Å². The molecule has 0 radical (unpaired) electrons. The normalized spacial score (nSPS) is 30.3. The highest BCUT2D eigenvalue weighted by molar-refractivity contribution is 7.86. The summed E-state index contributed by atoms with van der Waals surface area (Å²) < 4.78 is 31.3. The van der Waals surface area contributed by atoms with Gasteiger partial charge in [-0.05, 0) is 18.8 Å². The van der Waals surface area contributed by atoms with Crippen LogP contribution in [0.15, 0.2) is 0 Å². The zero-order valence-electron chi connectivity index (χ0n) is 9.25. The molecule has 0 unspecified atom stereocenters. The summed E-state index contributed by atoms with van der Waals surface area (Å²) in [6.07, 6.45) is 1.04. The first-order valence-electron chi connectivity index (χ1n) is 4.94. The fourth-order valence-electron chi connectivity index (χ4n) is 2.04. The van der Waals surface area contributed by atoms with Crippen LogP contribution in [-0.2, 0) is 23.8 Å². The smallest absolute Gasteiger partial charge is 0.309 e. The van der Waals surface area contributed by atoms with Crippen LogP contribution in [0, 0.1) is 11.8 Å². The molecule has 0 aliphatic heterocycles. The van der Waals surface area contributed by atoms with Crippen molar-refractivity contribution in [2.24, 2.45) is 11.8 Å². The minimum Gasteiger partial charge on any atom is -0.469 e. The largest absolute Gasteiger partial charge is 0.469 e. The van der Waals surface area contributed by atoms with Gasteiger partial charge in [0, 0.05) is 6.61 Å². The van der Waals surface area contributed by atoms with E-state index in [1.807, 2.05) is 0 Å². The lowest BCUT2D eigenvalue weighted by Gasteiger charge is -2.13. The van der Waals surface area contributed by atoms with E-state index in [0.29, 0.717) is 6.42 Å². The Kier molecular flexibility index (Phi) is 4.28. The topological polar surface area (TPSA) is 89.9 Å². The van der Waals surface area contributed by atoms with Crippen LogP contribution in [-0.4, -0.2) is 45.6 Å². The van der Waals surface area contributed by atoms with Gasteiger partial charge in [0.25, 0.3) is 10.1 Å². The van der Waals surface area contributed by atoms with E-state index in [0.717, 1.165) is 6.26 Å². The third kappa shape index (κ3) is 3.43. The van der Waals surface area contributed by atoms with Crippen LogP contribution in [0.3, 0.4) is 0 Å². The number of ether oxygens (including phenoxy) is 1. The second-order valence-electron chi connectivity index (χ2n) is 3.97. The van der Waals surface area contributed by atoms with Crippen molar-refractivity contribution < 1.29 is 27.2 Å². The molecule has 94 valence electrons. The minimum atomic E-state index is -3.53. The first kappa shape index (κ1) is 13.4. The number of carbonyl (C=O) groups excluding carboxylic acids is 1. The lowest BCUT2D eigenvalue weighted by molar-refractivity contribution is -0.147. The Morgan fingerprint density at radius 2 is 2.06 bits per heavy atom. The average molecular weight is 252 g/mol. The summed E-state index contributed by atoms with van der Waals surface area (Å²) in [5.74, 6) is -1.21. The molecule has 7 heteroatoms. The molecule has 1 aliphatic carbocycles. The van der Waals surface area contributed by atoms with E-state index in [2.05, 4.69) is 4.74 Å². The highest BCUT2D eigenvalue weighted by atomic mass is 32.2. The highest BCUT2D eigenvalue weighted by Crippen LogP contribution is 2.34. The summed E-state index contributed by atoms with van der Waals surface area (Å²) in [4.78, 5) is 11.4. The molecule has 1 rings (SSSR count). The van der Waals surface area contributed by atoms with Crippen LogP contribution in [0.4, 0.5) is 0 Å². The van der Waals surface area contributed by atoms with Crippen molar-refractivity contribution in [1.29, 1.82) is 0 Å². The molecule has 1 aliphatic rings.